The van der Waals surface area contributed by atoms with E-state index in [2.05, 4.69) is 36.2 Å². The Bertz CT molecular complexity index is 1150. The van der Waals surface area contributed by atoms with Crippen molar-refractivity contribution in [1.29, 1.82) is 0 Å². The third-order valence-corrected chi connectivity index (χ3v) is 4.30. The number of aliphatic hydroxyl groups excluding tert-OH is 1. The van der Waals surface area contributed by atoms with Crippen LogP contribution in [0.15, 0.2) is 54.6 Å². The Morgan fingerprint density at radius 2 is 1.79 bits per heavy atom. The molecule has 2 aromatic carbocycles. The largest absolute Gasteiger partial charge is 0.394 e. The molecule has 4 aromatic rings. The van der Waals surface area contributed by atoms with Gasteiger partial charge >= 0.3 is 0 Å². The fourth-order valence-electron chi connectivity index (χ4n) is 2.78. The third kappa shape index (κ3) is 3.96. The topological polar surface area (TPSA) is 149 Å². The molecule has 5 N–H and O–H groups in total. The van der Waals surface area contributed by atoms with Gasteiger partial charge in [0.1, 0.15) is 17.1 Å². The van der Waals surface area contributed by atoms with Crippen molar-refractivity contribution in [2.45, 2.75) is 6.04 Å². The minimum atomic E-state index is -1.15. The van der Waals surface area contributed by atoms with Crippen LogP contribution in [0.4, 0.5) is 5.82 Å². The SMILES string of the molecule is O=C(N[C@@H](CO)C(=O)Nc1cc(-c2ccccc2)[nH]n1)c1ccc2n[nH]nc2c1. The molecule has 10 nitrogen and oxygen atoms in total. The van der Waals surface area contributed by atoms with E-state index in [0.717, 1.165) is 11.3 Å². The Kier molecular flexibility index (Phi) is 4.99. The molecule has 10 heteroatoms. The van der Waals surface area contributed by atoms with Gasteiger partial charge in [-0.1, -0.05) is 30.3 Å². The van der Waals surface area contributed by atoms with Crippen LogP contribution in [-0.2, 0) is 4.79 Å². The van der Waals surface area contributed by atoms with E-state index in [4.69, 9.17) is 0 Å². The van der Waals surface area contributed by atoms with Gasteiger partial charge in [0.15, 0.2) is 5.82 Å². The number of amides is 2. The maximum atomic E-state index is 12.5. The highest BCUT2D eigenvalue weighted by molar-refractivity contribution is 6.02. The Morgan fingerprint density at radius 1 is 1.00 bits per heavy atom. The van der Waals surface area contributed by atoms with Crippen LogP contribution >= 0.6 is 0 Å². The number of H-pyrrole nitrogens is 2. The Labute approximate surface area is 164 Å². The van der Waals surface area contributed by atoms with E-state index < -0.39 is 24.5 Å². The van der Waals surface area contributed by atoms with Crippen molar-refractivity contribution in [3.05, 3.63) is 60.2 Å². The molecule has 0 aliphatic heterocycles. The number of benzene rings is 2. The number of fused-ring (bicyclic) bond motifs is 1. The normalized spacial score (nSPS) is 11.9. The van der Waals surface area contributed by atoms with Gasteiger partial charge in [-0.3, -0.25) is 14.7 Å². The molecule has 0 aliphatic rings. The van der Waals surface area contributed by atoms with Gasteiger partial charge in [0.05, 0.1) is 12.3 Å². The molecule has 1 atom stereocenters. The average molecular weight is 391 g/mol. The van der Waals surface area contributed by atoms with Crippen LogP contribution < -0.4 is 10.6 Å². The first-order valence-corrected chi connectivity index (χ1v) is 8.78. The minimum Gasteiger partial charge on any atom is -0.394 e. The summed E-state index contributed by atoms with van der Waals surface area (Å²) in [6.45, 7) is -0.570. The van der Waals surface area contributed by atoms with Gasteiger partial charge in [-0.05, 0) is 23.8 Å². The number of aromatic amines is 2. The van der Waals surface area contributed by atoms with Gasteiger partial charge in [0, 0.05) is 11.6 Å². The minimum absolute atomic E-state index is 0.283. The molecule has 0 radical (unpaired) electrons. The molecular formula is C19H17N7O3. The van der Waals surface area contributed by atoms with E-state index in [1.807, 2.05) is 30.3 Å². The molecule has 2 heterocycles. The van der Waals surface area contributed by atoms with Gasteiger partial charge in [-0.15, -0.1) is 0 Å². The molecule has 0 bridgehead atoms. The molecule has 0 fully saturated rings. The van der Waals surface area contributed by atoms with Crippen molar-refractivity contribution >= 4 is 28.7 Å². The predicted octanol–water partition coefficient (Wildman–Crippen LogP) is 1.08. The number of hydrogen-bond donors (Lipinski definition) is 5. The number of aromatic nitrogens is 5. The van der Waals surface area contributed by atoms with Crippen molar-refractivity contribution < 1.29 is 14.7 Å². The van der Waals surface area contributed by atoms with Crippen LogP contribution in [0.5, 0.6) is 0 Å². The van der Waals surface area contributed by atoms with E-state index in [1.54, 1.807) is 24.3 Å². The Balaban J connectivity index is 1.43. The van der Waals surface area contributed by atoms with Crippen molar-refractivity contribution in [2.24, 2.45) is 0 Å². The van der Waals surface area contributed by atoms with Gasteiger partial charge in [-0.2, -0.15) is 20.5 Å². The van der Waals surface area contributed by atoms with E-state index >= 15 is 0 Å². The van der Waals surface area contributed by atoms with Gasteiger partial charge in [-0.25, -0.2) is 0 Å². The standard InChI is InChI=1S/C19H17N7O3/c27-10-16(20-18(28)12-6-7-13-15(8-12)24-26-23-13)19(29)21-17-9-14(22-25-17)11-4-2-1-3-5-11/h1-9,16,27H,10H2,(H,20,28)(H,23,24,26)(H2,21,22,25,29)/t16-/m0/s1. The zero-order valence-electron chi connectivity index (χ0n) is 15.1. The molecule has 4 rings (SSSR count). The second kappa shape index (κ2) is 7.90. The van der Waals surface area contributed by atoms with E-state index in [1.165, 1.54) is 0 Å². The van der Waals surface area contributed by atoms with Gasteiger partial charge in [0.25, 0.3) is 11.8 Å². The number of anilines is 1. The molecule has 0 saturated heterocycles. The van der Waals surface area contributed by atoms with Crippen LogP contribution in [0, 0.1) is 0 Å². The van der Waals surface area contributed by atoms with Crippen molar-refractivity contribution in [2.75, 3.05) is 11.9 Å². The van der Waals surface area contributed by atoms with E-state index in [-0.39, 0.29) is 5.82 Å². The second-order valence-electron chi connectivity index (χ2n) is 6.26. The highest BCUT2D eigenvalue weighted by Crippen LogP contribution is 2.19. The lowest BCUT2D eigenvalue weighted by Crippen LogP contribution is -2.46. The molecular weight excluding hydrogens is 374 g/mol. The maximum Gasteiger partial charge on any atom is 0.252 e. The molecule has 2 amide bonds. The quantitative estimate of drug-likeness (QED) is 0.332. The van der Waals surface area contributed by atoms with E-state index in [0.29, 0.717) is 16.6 Å². The Hall–Kier alpha value is -4.05. The summed E-state index contributed by atoms with van der Waals surface area (Å²) in [5.74, 6) is -0.823. The lowest BCUT2D eigenvalue weighted by molar-refractivity contribution is -0.118. The number of nitrogens with one attached hydrogen (secondary N) is 4. The smallest absolute Gasteiger partial charge is 0.252 e. The molecule has 0 spiro atoms. The van der Waals surface area contributed by atoms with Crippen LogP contribution in [0.25, 0.3) is 22.3 Å². The summed E-state index contributed by atoms with van der Waals surface area (Å²) in [5.41, 5.74) is 3.07. The van der Waals surface area contributed by atoms with Crippen molar-refractivity contribution in [3.8, 4) is 11.3 Å². The fourth-order valence-corrected chi connectivity index (χ4v) is 2.78. The van der Waals surface area contributed by atoms with Gasteiger partial charge < -0.3 is 15.7 Å². The third-order valence-electron chi connectivity index (χ3n) is 4.30. The number of carbonyl (C=O) groups is 2. The highest BCUT2D eigenvalue weighted by Gasteiger charge is 2.22. The average Bonchev–Trinajstić information content (AvgIpc) is 3.41. The molecule has 29 heavy (non-hydrogen) atoms. The first-order chi connectivity index (χ1) is 14.1. The summed E-state index contributed by atoms with van der Waals surface area (Å²) < 4.78 is 0. The zero-order valence-corrected chi connectivity index (χ0v) is 15.1. The summed E-state index contributed by atoms with van der Waals surface area (Å²) >= 11 is 0. The Morgan fingerprint density at radius 3 is 2.59 bits per heavy atom. The molecule has 146 valence electrons. The molecule has 0 aliphatic carbocycles. The highest BCUT2D eigenvalue weighted by atomic mass is 16.3. The first-order valence-electron chi connectivity index (χ1n) is 8.78. The molecule has 2 aromatic heterocycles. The fraction of sp³-hybridized carbons (Fsp3) is 0.105. The molecule has 0 saturated carbocycles. The lowest BCUT2D eigenvalue weighted by atomic mass is 10.1. The maximum absolute atomic E-state index is 12.5. The van der Waals surface area contributed by atoms with Crippen LogP contribution in [0.3, 0.4) is 0 Å². The lowest BCUT2D eigenvalue weighted by Gasteiger charge is -2.15. The van der Waals surface area contributed by atoms with E-state index in [9.17, 15) is 14.7 Å². The summed E-state index contributed by atoms with van der Waals surface area (Å²) in [4.78, 5) is 24.9. The van der Waals surface area contributed by atoms with Gasteiger partial charge in [0.2, 0.25) is 0 Å². The number of hydrogen-bond acceptors (Lipinski definition) is 6. The monoisotopic (exact) mass is 391 g/mol. The van der Waals surface area contributed by atoms with Crippen LogP contribution in [-0.4, -0.2) is 55.2 Å². The number of rotatable bonds is 6. The first kappa shape index (κ1) is 18.3. The second-order valence-corrected chi connectivity index (χ2v) is 6.26. The molecule has 0 unspecified atom stereocenters. The summed E-state index contributed by atoms with van der Waals surface area (Å²) in [5, 5.41) is 31.8. The zero-order chi connectivity index (χ0) is 20.2. The number of aliphatic hydroxyl groups is 1. The predicted molar refractivity (Wildman–Crippen MR) is 105 cm³/mol. The van der Waals surface area contributed by atoms with Crippen molar-refractivity contribution in [3.63, 3.8) is 0 Å². The van der Waals surface area contributed by atoms with Crippen molar-refractivity contribution in [1.82, 2.24) is 30.9 Å². The number of carbonyl (C=O) groups excluding carboxylic acids is 2. The summed E-state index contributed by atoms with van der Waals surface area (Å²) in [6, 6.07) is 14.8. The van der Waals surface area contributed by atoms with Crippen LogP contribution in [0.2, 0.25) is 0 Å². The number of nitrogens with zero attached hydrogens (tertiary/aromatic N) is 3. The summed E-state index contributed by atoms with van der Waals surface area (Å²) in [7, 11) is 0. The van der Waals surface area contributed by atoms with Crippen LogP contribution in [0.1, 0.15) is 10.4 Å². The summed E-state index contributed by atoms with van der Waals surface area (Å²) in [6.07, 6.45) is 0.